The molecule has 0 aliphatic rings. The minimum Gasteiger partial charge on any atom is -0.382 e. The van der Waals surface area contributed by atoms with Crippen molar-refractivity contribution in [2.45, 2.75) is 6.42 Å². The molecule has 3 aromatic carbocycles. The van der Waals surface area contributed by atoms with Crippen LogP contribution in [-0.4, -0.2) is 16.1 Å². The van der Waals surface area contributed by atoms with E-state index in [0.29, 0.717) is 16.5 Å². The molecule has 1 aromatic heterocycles. The molecule has 6 heteroatoms. The maximum atomic E-state index is 12.2. The predicted molar refractivity (Wildman–Crippen MR) is 110 cm³/mol. The topological polar surface area (TPSA) is 83.8 Å². The smallest absolute Gasteiger partial charge is 0.228 e. The Morgan fingerprint density at radius 1 is 1.07 bits per heavy atom. The third-order valence-electron chi connectivity index (χ3n) is 4.36. The molecule has 0 unspecified atom stereocenters. The number of anilines is 2. The minimum absolute atomic E-state index is 0.0915. The average Bonchev–Trinajstić information content (AvgIpc) is 3.04. The summed E-state index contributed by atoms with van der Waals surface area (Å²) < 4.78 is 0. The third-order valence-corrected chi connectivity index (χ3v) is 4.59. The van der Waals surface area contributed by atoms with Crippen molar-refractivity contribution in [2.75, 3.05) is 11.1 Å². The number of hydrogen-bond donors (Lipinski definition) is 3. The molecule has 5 nitrogen and oxygen atoms in total. The van der Waals surface area contributed by atoms with Crippen LogP contribution in [0.5, 0.6) is 0 Å². The number of benzene rings is 3. The second kappa shape index (κ2) is 7.13. The number of nitrogens with one attached hydrogen (secondary N) is 2. The number of amides is 1. The fourth-order valence-corrected chi connectivity index (χ4v) is 3.29. The zero-order valence-corrected chi connectivity index (χ0v) is 15.1. The van der Waals surface area contributed by atoms with E-state index in [2.05, 4.69) is 15.5 Å². The van der Waals surface area contributed by atoms with Crippen LogP contribution in [0, 0.1) is 0 Å². The van der Waals surface area contributed by atoms with Crippen molar-refractivity contribution in [3.05, 3.63) is 77.3 Å². The van der Waals surface area contributed by atoms with Gasteiger partial charge in [-0.2, -0.15) is 5.10 Å². The van der Waals surface area contributed by atoms with Crippen LogP contribution in [0.15, 0.2) is 66.7 Å². The van der Waals surface area contributed by atoms with Gasteiger partial charge in [0.2, 0.25) is 5.91 Å². The summed E-state index contributed by atoms with van der Waals surface area (Å²) in [6.07, 6.45) is 0.283. The van der Waals surface area contributed by atoms with E-state index in [1.807, 2.05) is 48.5 Å². The molecule has 4 rings (SSSR count). The van der Waals surface area contributed by atoms with Gasteiger partial charge in [-0.15, -0.1) is 0 Å². The Morgan fingerprint density at radius 3 is 2.63 bits per heavy atom. The number of rotatable bonds is 4. The zero-order chi connectivity index (χ0) is 18.8. The van der Waals surface area contributed by atoms with Gasteiger partial charge in [0.25, 0.3) is 0 Å². The molecule has 1 amide bonds. The number of aromatic nitrogens is 2. The number of carbonyl (C=O) groups is 1. The monoisotopic (exact) mass is 376 g/mol. The van der Waals surface area contributed by atoms with Crippen molar-refractivity contribution < 1.29 is 4.79 Å². The van der Waals surface area contributed by atoms with E-state index in [1.165, 1.54) is 0 Å². The molecular weight excluding hydrogens is 360 g/mol. The lowest BCUT2D eigenvalue weighted by atomic mass is 9.99. The molecular formula is C21H17ClN4O. The summed E-state index contributed by atoms with van der Waals surface area (Å²) in [5, 5.41) is 11.3. The highest BCUT2D eigenvalue weighted by Gasteiger charge is 2.10. The first-order chi connectivity index (χ1) is 13.1. The molecule has 1 heterocycles. The van der Waals surface area contributed by atoms with Crippen molar-refractivity contribution in [1.82, 2.24) is 10.2 Å². The first kappa shape index (κ1) is 17.1. The van der Waals surface area contributed by atoms with Gasteiger partial charge >= 0.3 is 0 Å². The second-order valence-electron chi connectivity index (χ2n) is 6.27. The van der Waals surface area contributed by atoms with Crippen LogP contribution in [0.2, 0.25) is 5.02 Å². The highest BCUT2D eigenvalue weighted by molar-refractivity contribution is 6.30. The van der Waals surface area contributed by atoms with E-state index < -0.39 is 0 Å². The molecule has 0 saturated heterocycles. The summed E-state index contributed by atoms with van der Waals surface area (Å²) in [6, 6.07) is 20.9. The number of nitrogens with two attached hydrogens (primary N) is 1. The Kier molecular flexibility index (Phi) is 4.52. The number of aromatic amines is 1. The van der Waals surface area contributed by atoms with Crippen LogP contribution < -0.4 is 11.1 Å². The normalized spacial score (nSPS) is 10.9. The number of H-pyrrole nitrogens is 1. The number of nitrogen functional groups attached to an aromatic ring is 1. The summed E-state index contributed by atoms with van der Waals surface area (Å²) in [4.78, 5) is 12.2. The summed E-state index contributed by atoms with van der Waals surface area (Å²) in [7, 11) is 0. The zero-order valence-electron chi connectivity index (χ0n) is 14.4. The van der Waals surface area contributed by atoms with Crippen molar-refractivity contribution in [3.8, 4) is 11.1 Å². The van der Waals surface area contributed by atoms with Gasteiger partial charge in [0, 0.05) is 10.7 Å². The predicted octanol–water partition coefficient (Wildman–Crippen LogP) is 4.65. The van der Waals surface area contributed by atoms with Gasteiger partial charge in [0.15, 0.2) is 5.82 Å². The fraction of sp³-hybridized carbons (Fsp3) is 0.0476. The van der Waals surface area contributed by atoms with Crippen molar-refractivity contribution in [2.24, 2.45) is 0 Å². The van der Waals surface area contributed by atoms with E-state index in [1.54, 1.807) is 18.2 Å². The Balaban J connectivity index is 1.52. The quantitative estimate of drug-likeness (QED) is 0.485. The highest BCUT2D eigenvalue weighted by atomic mass is 35.5. The number of carbonyl (C=O) groups excluding carboxylic acids is 1. The molecule has 0 atom stereocenters. The molecule has 0 spiro atoms. The molecule has 0 fully saturated rings. The number of hydrogen-bond acceptors (Lipinski definition) is 3. The summed E-state index contributed by atoms with van der Waals surface area (Å²) in [5.74, 6) is 0.386. The standard InChI is InChI=1S/C21H17ClN4O/c22-15-3-1-4-16(12-15)24-19(27)11-13-7-9-14(10-8-13)17-5-2-6-18-20(17)21(23)26-25-18/h1-10,12H,11H2,(H,24,27)(H3,23,25,26). The maximum Gasteiger partial charge on any atom is 0.228 e. The van der Waals surface area contributed by atoms with Gasteiger partial charge in [-0.1, -0.05) is 54.1 Å². The van der Waals surface area contributed by atoms with Crippen molar-refractivity contribution in [1.29, 1.82) is 0 Å². The third kappa shape index (κ3) is 3.64. The number of halogens is 1. The fourth-order valence-electron chi connectivity index (χ4n) is 3.10. The molecule has 134 valence electrons. The Hall–Kier alpha value is -3.31. The van der Waals surface area contributed by atoms with Crippen LogP contribution in [0.4, 0.5) is 11.5 Å². The van der Waals surface area contributed by atoms with E-state index >= 15 is 0 Å². The van der Waals surface area contributed by atoms with Gasteiger partial charge in [-0.3, -0.25) is 9.89 Å². The van der Waals surface area contributed by atoms with E-state index in [-0.39, 0.29) is 12.3 Å². The van der Waals surface area contributed by atoms with Gasteiger partial charge in [-0.25, -0.2) is 0 Å². The van der Waals surface area contributed by atoms with Crippen molar-refractivity contribution in [3.63, 3.8) is 0 Å². The average molecular weight is 377 g/mol. The van der Waals surface area contributed by atoms with Gasteiger partial charge < -0.3 is 11.1 Å². The molecule has 0 saturated carbocycles. The highest BCUT2D eigenvalue weighted by Crippen LogP contribution is 2.31. The Morgan fingerprint density at radius 2 is 1.85 bits per heavy atom. The van der Waals surface area contributed by atoms with E-state index in [9.17, 15) is 4.79 Å². The molecule has 0 radical (unpaired) electrons. The Bertz CT molecular complexity index is 1120. The first-order valence-corrected chi connectivity index (χ1v) is 8.85. The van der Waals surface area contributed by atoms with Crippen LogP contribution >= 0.6 is 11.6 Å². The van der Waals surface area contributed by atoms with Crippen molar-refractivity contribution >= 4 is 39.9 Å². The minimum atomic E-state index is -0.0915. The van der Waals surface area contributed by atoms with Gasteiger partial charge in [-0.05, 0) is 41.0 Å². The molecule has 4 N–H and O–H groups in total. The molecule has 0 aliphatic heterocycles. The summed E-state index contributed by atoms with van der Waals surface area (Å²) >= 11 is 5.94. The summed E-state index contributed by atoms with van der Waals surface area (Å²) in [5.41, 5.74) is 10.5. The number of fused-ring (bicyclic) bond motifs is 1. The number of nitrogens with zero attached hydrogens (tertiary/aromatic N) is 1. The van der Waals surface area contributed by atoms with Crippen LogP contribution in [0.25, 0.3) is 22.0 Å². The SMILES string of the molecule is Nc1n[nH]c2cccc(-c3ccc(CC(=O)Nc4cccc(Cl)c4)cc3)c12. The largest absolute Gasteiger partial charge is 0.382 e. The molecule has 0 aliphatic carbocycles. The molecule has 0 bridgehead atoms. The molecule has 4 aromatic rings. The molecule has 27 heavy (non-hydrogen) atoms. The van der Waals surface area contributed by atoms with Gasteiger partial charge in [0.05, 0.1) is 17.3 Å². The van der Waals surface area contributed by atoms with Crippen LogP contribution in [0.1, 0.15) is 5.56 Å². The van der Waals surface area contributed by atoms with Crippen LogP contribution in [-0.2, 0) is 11.2 Å². The Labute approximate surface area is 161 Å². The van der Waals surface area contributed by atoms with Crippen LogP contribution in [0.3, 0.4) is 0 Å². The van der Waals surface area contributed by atoms with Gasteiger partial charge in [0.1, 0.15) is 0 Å². The van der Waals surface area contributed by atoms with E-state index in [0.717, 1.165) is 27.6 Å². The van der Waals surface area contributed by atoms with E-state index in [4.69, 9.17) is 17.3 Å². The lowest BCUT2D eigenvalue weighted by molar-refractivity contribution is -0.115. The lowest BCUT2D eigenvalue weighted by Crippen LogP contribution is -2.14. The maximum absolute atomic E-state index is 12.2. The second-order valence-corrected chi connectivity index (χ2v) is 6.71. The lowest BCUT2D eigenvalue weighted by Gasteiger charge is -2.08. The first-order valence-electron chi connectivity index (χ1n) is 8.47. The summed E-state index contributed by atoms with van der Waals surface area (Å²) in [6.45, 7) is 0.